The number of hydrogen-bond acceptors (Lipinski definition) is 7. The zero-order valence-electron chi connectivity index (χ0n) is 15.6. The number of nitrogens with one attached hydrogen (secondary N) is 1. The summed E-state index contributed by atoms with van der Waals surface area (Å²) in [5.41, 5.74) is 11.7. The number of nitrogens with zero attached hydrogens (tertiary/aromatic N) is 2. The molecule has 0 aromatic rings. The van der Waals surface area contributed by atoms with Crippen molar-refractivity contribution < 1.29 is 14.6 Å². The highest BCUT2D eigenvalue weighted by Gasteiger charge is 2.40. The van der Waals surface area contributed by atoms with Crippen LogP contribution in [0.4, 0.5) is 0 Å². The van der Waals surface area contributed by atoms with E-state index in [0.717, 1.165) is 0 Å². The van der Waals surface area contributed by atoms with Crippen LogP contribution >= 0.6 is 11.6 Å². The molecular formula is C16H33ClN6O3. The summed E-state index contributed by atoms with van der Waals surface area (Å²) in [7, 11) is 0. The number of aliphatic hydroxyl groups is 1. The largest absolute Gasteiger partial charge is 0.391 e. The van der Waals surface area contributed by atoms with Crippen molar-refractivity contribution in [1.29, 1.82) is 0 Å². The molecule has 0 aromatic carbocycles. The normalized spacial score (nSPS) is 29.0. The fraction of sp³-hybridized carbons (Fsp3) is 0.938. The second-order valence-corrected chi connectivity index (χ2v) is 7.46. The predicted octanol–water partition coefficient (Wildman–Crippen LogP) is 0.240. The average molecular weight is 393 g/mol. The molecule has 0 aliphatic heterocycles. The van der Waals surface area contributed by atoms with E-state index in [1.807, 2.05) is 0 Å². The van der Waals surface area contributed by atoms with E-state index in [1.165, 1.54) is 0 Å². The van der Waals surface area contributed by atoms with Gasteiger partial charge >= 0.3 is 0 Å². The summed E-state index contributed by atoms with van der Waals surface area (Å²) in [6.07, 6.45) is -0.233. The van der Waals surface area contributed by atoms with Gasteiger partial charge in [0, 0.05) is 18.8 Å². The van der Waals surface area contributed by atoms with Crippen LogP contribution in [-0.2, 0) is 9.53 Å². The zero-order valence-corrected chi connectivity index (χ0v) is 16.3. The third-order valence-corrected chi connectivity index (χ3v) is 5.11. The van der Waals surface area contributed by atoms with Crippen molar-refractivity contribution in [3.63, 3.8) is 0 Å². The van der Waals surface area contributed by atoms with E-state index in [2.05, 4.69) is 29.5 Å². The van der Waals surface area contributed by atoms with Crippen molar-refractivity contribution in [2.24, 2.45) is 39.5 Å². The first-order valence-corrected chi connectivity index (χ1v) is 9.61. The highest BCUT2D eigenvalue weighted by molar-refractivity contribution is 6.17. The number of aliphatic hydroxyl groups excluding tert-OH is 1. The van der Waals surface area contributed by atoms with E-state index in [0.29, 0.717) is 31.6 Å². The third-order valence-electron chi connectivity index (χ3n) is 4.84. The van der Waals surface area contributed by atoms with Crippen LogP contribution in [0.15, 0.2) is 10.3 Å². The number of rotatable bonds is 10. The molecule has 1 rings (SSSR count). The Kier molecular flexibility index (Phi) is 10.3. The Bertz CT molecular complexity index is 454. The minimum atomic E-state index is -0.763. The van der Waals surface area contributed by atoms with Gasteiger partial charge in [-0.3, -0.25) is 4.79 Å². The van der Waals surface area contributed by atoms with Gasteiger partial charge in [0.1, 0.15) is 12.3 Å². The van der Waals surface area contributed by atoms with Crippen molar-refractivity contribution >= 4 is 17.5 Å². The number of carbonyl (C=O) groups excluding carboxylic acids is 1. The minimum Gasteiger partial charge on any atom is -0.391 e. The molecule has 8 N–H and O–H groups in total. The topological polar surface area (TPSA) is 161 Å². The Morgan fingerprint density at radius 1 is 1.42 bits per heavy atom. The minimum absolute atomic E-state index is 0.108. The standard InChI is InChI=1S/C16H33ClN6O3/c1-9(2)10-6-12(24)11(21-15(25)4-3-5-17)7-13(10)26-14(8-18)16(19)22-23-20/h9-14,16,24H,3-8,18-19H2,1-2H3,(H2,20,22)(H,21,25). The molecule has 0 heterocycles. The van der Waals surface area contributed by atoms with E-state index in [9.17, 15) is 9.90 Å². The predicted molar refractivity (Wildman–Crippen MR) is 100 cm³/mol. The number of halogens is 1. The molecule has 1 aliphatic carbocycles. The lowest BCUT2D eigenvalue weighted by molar-refractivity contribution is -0.128. The average Bonchev–Trinajstić information content (AvgIpc) is 2.59. The fourth-order valence-electron chi connectivity index (χ4n) is 3.35. The van der Waals surface area contributed by atoms with Gasteiger partial charge in [-0.25, -0.2) is 0 Å². The van der Waals surface area contributed by atoms with Crippen LogP contribution in [0, 0.1) is 11.8 Å². The first-order chi connectivity index (χ1) is 12.3. The molecule has 1 saturated carbocycles. The van der Waals surface area contributed by atoms with Gasteiger partial charge in [-0.1, -0.05) is 19.1 Å². The second-order valence-electron chi connectivity index (χ2n) is 7.08. The van der Waals surface area contributed by atoms with Gasteiger partial charge in [-0.15, -0.1) is 16.7 Å². The number of amides is 1. The maximum absolute atomic E-state index is 12.0. The van der Waals surface area contributed by atoms with Crippen molar-refractivity contribution in [3.05, 3.63) is 0 Å². The number of nitrogens with two attached hydrogens (primary N) is 3. The molecule has 1 aliphatic rings. The first-order valence-electron chi connectivity index (χ1n) is 9.08. The van der Waals surface area contributed by atoms with E-state index >= 15 is 0 Å². The van der Waals surface area contributed by atoms with Crippen molar-refractivity contribution in [2.75, 3.05) is 12.4 Å². The molecule has 6 unspecified atom stereocenters. The Morgan fingerprint density at radius 3 is 2.65 bits per heavy atom. The van der Waals surface area contributed by atoms with Gasteiger partial charge in [0.25, 0.3) is 0 Å². The van der Waals surface area contributed by atoms with E-state index in [-0.39, 0.29) is 36.4 Å². The molecule has 0 bridgehead atoms. The van der Waals surface area contributed by atoms with Gasteiger partial charge in [0.2, 0.25) is 5.91 Å². The molecule has 10 heteroatoms. The Hall–Kier alpha value is -1.00. The number of hydrogen-bond donors (Lipinski definition) is 5. The zero-order chi connectivity index (χ0) is 19.7. The maximum Gasteiger partial charge on any atom is 0.220 e. The fourth-order valence-corrected chi connectivity index (χ4v) is 3.48. The van der Waals surface area contributed by atoms with Crippen molar-refractivity contribution in [1.82, 2.24) is 5.32 Å². The molecular weight excluding hydrogens is 360 g/mol. The quantitative estimate of drug-likeness (QED) is 0.155. The number of ether oxygens (including phenoxy) is 1. The Morgan fingerprint density at radius 2 is 2.12 bits per heavy atom. The molecule has 1 fully saturated rings. The van der Waals surface area contributed by atoms with Gasteiger partial charge in [-0.2, -0.15) is 0 Å². The van der Waals surface area contributed by atoms with Gasteiger partial charge in [0.05, 0.1) is 18.2 Å². The molecule has 6 atom stereocenters. The van der Waals surface area contributed by atoms with E-state index < -0.39 is 18.4 Å². The summed E-state index contributed by atoms with van der Waals surface area (Å²) in [5.74, 6) is 5.75. The smallest absolute Gasteiger partial charge is 0.220 e. The summed E-state index contributed by atoms with van der Waals surface area (Å²) in [6, 6.07) is -0.386. The molecule has 1 amide bonds. The van der Waals surface area contributed by atoms with Gasteiger partial charge in [0.15, 0.2) is 0 Å². The van der Waals surface area contributed by atoms with Crippen LogP contribution < -0.4 is 22.6 Å². The van der Waals surface area contributed by atoms with Crippen LogP contribution in [0.3, 0.4) is 0 Å². The highest BCUT2D eigenvalue weighted by atomic mass is 35.5. The summed E-state index contributed by atoms with van der Waals surface area (Å²) in [5, 5.41) is 20.3. The molecule has 26 heavy (non-hydrogen) atoms. The highest BCUT2D eigenvalue weighted by Crippen LogP contribution is 2.34. The first kappa shape index (κ1) is 23.0. The molecule has 0 spiro atoms. The summed E-state index contributed by atoms with van der Waals surface area (Å²) >= 11 is 5.62. The SMILES string of the molecule is CC(C)C1CC(O)C(NC(=O)CCCCl)CC1OC(CN)C(N)N=NN. The molecule has 0 saturated heterocycles. The monoisotopic (exact) mass is 392 g/mol. The number of carbonyl (C=O) groups is 1. The van der Waals surface area contributed by atoms with E-state index in [1.54, 1.807) is 0 Å². The Balaban J connectivity index is 2.81. The third kappa shape index (κ3) is 6.96. The van der Waals surface area contributed by atoms with Crippen LogP contribution in [0.25, 0.3) is 0 Å². The van der Waals surface area contributed by atoms with E-state index in [4.69, 9.17) is 33.6 Å². The van der Waals surface area contributed by atoms with Crippen LogP contribution in [-0.4, -0.2) is 54.0 Å². The van der Waals surface area contributed by atoms with Gasteiger partial charge in [-0.05, 0) is 31.1 Å². The molecule has 0 radical (unpaired) electrons. The summed E-state index contributed by atoms with van der Waals surface area (Å²) in [6.45, 7) is 4.31. The van der Waals surface area contributed by atoms with Crippen LogP contribution in [0.2, 0.25) is 0 Å². The van der Waals surface area contributed by atoms with Crippen LogP contribution in [0.1, 0.15) is 39.5 Å². The Labute approximate surface area is 160 Å². The lowest BCUT2D eigenvalue weighted by Gasteiger charge is -2.42. The van der Waals surface area contributed by atoms with Crippen LogP contribution in [0.5, 0.6) is 0 Å². The number of alkyl halides is 1. The van der Waals surface area contributed by atoms with Crippen molar-refractivity contribution in [2.45, 2.75) is 70.1 Å². The summed E-state index contributed by atoms with van der Waals surface area (Å²) < 4.78 is 6.13. The second kappa shape index (κ2) is 11.7. The summed E-state index contributed by atoms with van der Waals surface area (Å²) in [4.78, 5) is 12.0. The van der Waals surface area contributed by atoms with Gasteiger partial charge < -0.3 is 32.5 Å². The van der Waals surface area contributed by atoms with Crippen molar-refractivity contribution in [3.8, 4) is 0 Å². The lowest BCUT2D eigenvalue weighted by Crippen LogP contribution is -2.54. The maximum atomic E-state index is 12.0. The molecule has 9 nitrogen and oxygen atoms in total. The lowest BCUT2D eigenvalue weighted by atomic mass is 9.75. The molecule has 0 aromatic heterocycles. The molecule has 152 valence electrons.